The molecular formula is C5H7ClO. The van der Waals surface area contributed by atoms with E-state index in [9.17, 15) is 0 Å². The third-order valence-electron chi connectivity index (χ3n) is 0.449. The second-order valence-electron chi connectivity index (χ2n) is 1.01. The maximum absolute atomic E-state index is 8.12. The molecule has 0 rings (SSSR count). The van der Waals surface area contributed by atoms with Gasteiger partial charge >= 0.3 is 0 Å². The minimum Gasteiger partial charge on any atom is -0.514 e. The van der Waals surface area contributed by atoms with Crippen LogP contribution >= 0.6 is 11.6 Å². The molecule has 1 N–H and O–H groups in total. The van der Waals surface area contributed by atoms with E-state index in [0.717, 1.165) is 6.26 Å². The number of aliphatic hydroxyl groups is 1. The van der Waals surface area contributed by atoms with Crippen LogP contribution in [0.5, 0.6) is 0 Å². The highest BCUT2D eigenvalue weighted by atomic mass is 35.5. The van der Waals surface area contributed by atoms with Gasteiger partial charge in [-0.25, -0.2) is 0 Å². The summed E-state index contributed by atoms with van der Waals surface area (Å²) in [7, 11) is 0. The quantitative estimate of drug-likeness (QED) is 0.414. The molecule has 0 atom stereocenters. The van der Waals surface area contributed by atoms with Crippen molar-refractivity contribution < 1.29 is 5.11 Å². The lowest BCUT2D eigenvalue weighted by Crippen LogP contribution is -1.58. The summed E-state index contributed by atoms with van der Waals surface area (Å²) in [6.07, 6.45) is 4.19. The Kier molecular flexibility index (Phi) is 3.52. The van der Waals surface area contributed by atoms with Crippen molar-refractivity contribution in [1.29, 1.82) is 0 Å². The first-order valence-corrected chi connectivity index (χ1v) is 2.31. The molecule has 0 saturated carbocycles. The molecule has 0 spiro atoms. The Morgan fingerprint density at radius 1 is 1.71 bits per heavy atom. The zero-order valence-corrected chi connectivity index (χ0v) is 4.81. The van der Waals surface area contributed by atoms with E-state index in [1.165, 1.54) is 0 Å². The molecule has 0 aromatic heterocycles. The van der Waals surface area contributed by atoms with Gasteiger partial charge in [0.05, 0.1) is 11.3 Å². The zero-order chi connectivity index (χ0) is 5.70. The van der Waals surface area contributed by atoms with Gasteiger partial charge in [0.15, 0.2) is 0 Å². The lowest BCUT2D eigenvalue weighted by molar-refractivity contribution is 0.472. The Labute approximate surface area is 47.9 Å². The van der Waals surface area contributed by atoms with Crippen LogP contribution in [0.15, 0.2) is 23.4 Å². The highest BCUT2D eigenvalue weighted by Gasteiger charge is 1.75. The molecule has 0 amide bonds. The van der Waals surface area contributed by atoms with Crippen molar-refractivity contribution in [2.75, 3.05) is 0 Å². The molecule has 1 nitrogen and oxygen atoms in total. The fourth-order valence-electron chi connectivity index (χ4n) is 0.202. The summed E-state index contributed by atoms with van der Waals surface area (Å²) in [4.78, 5) is 0. The standard InChI is InChI=1S/C5H7ClO/c1-2-3-5(6)4-7/h2-4,7H,1H3. The van der Waals surface area contributed by atoms with E-state index in [-0.39, 0.29) is 0 Å². The Morgan fingerprint density at radius 2 is 2.29 bits per heavy atom. The molecule has 40 valence electrons. The van der Waals surface area contributed by atoms with Gasteiger partial charge in [0.2, 0.25) is 0 Å². The van der Waals surface area contributed by atoms with E-state index in [4.69, 9.17) is 16.7 Å². The van der Waals surface area contributed by atoms with Crippen molar-refractivity contribution >= 4 is 11.6 Å². The van der Waals surface area contributed by atoms with Crippen molar-refractivity contribution in [3.05, 3.63) is 23.4 Å². The first-order valence-electron chi connectivity index (χ1n) is 1.94. The van der Waals surface area contributed by atoms with Crippen LogP contribution in [-0.2, 0) is 0 Å². The minimum atomic E-state index is 0.350. The predicted molar refractivity (Wildman–Crippen MR) is 31.4 cm³/mol. The molecule has 0 aliphatic carbocycles. The summed E-state index contributed by atoms with van der Waals surface area (Å²) in [6, 6.07) is 0. The molecule has 0 aliphatic rings. The van der Waals surface area contributed by atoms with Crippen LogP contribution in [0.3, 0.4) is 0 Å². The average Bonchev–Trinajstić information content (AvgIpc) is 1.68. The van der Waals surface area contributed by atoms with Crippen molar-refractivity contribution in [2.24, 2.45) is 0 Å². The minimum absolute atomic E-state index is 0.350. The molecule has 0 radical (unpaired) electrons. The van der Waals surface area contributed by atoms with Crippen molar-refractivity contribution in [3.8, 4) is 0 Å². The molecule has 0 aromatic carbocycles. The number of halogens is 1. The zero-order valence-electron chi connectivity index (χ0n) is 4.06. The fourth-order valence-corrected chi connectivity index (χ4v) is 0.328. The maximum atomic E-state index is 8.12. The van der Waals surface area contributed by atoms with Gasteiger partial charge in [-0.2, -0.15) is 0 Å². The van der Waals surface area contributed by atoms with E-state index < -0.39 is 0 Å². The van der Waals surface area contributed by atoms with Crippen LogP contribution in [0.25, 0.3) is 0 Å². The summed E-state index contributed by atoms with van der Waals surface area (Å²) >= 11 is 5.29. The summed E-state index contributed by atoms with van der Waals surface area (Å²) < 4.78 is 0. The number of hydrogen-bond acceptors (Lipinski definition) is 1. The first-order chi connectivity index (χ1) is 3.31. The summed E-state index contributed by atoms with van der Waals surface area (Å²) in [6.45, 7) is 1.83. The van der Waals surface area contributed by atoms with Crippen molar-refractivity contribution in [2.45, 2.75) is 6.92 Å². The van der Waals surface area contributed by atoms with E-state index in [2.05, 4.69) is 0 Å². The Hall–Kier alpha value is -0.430. The predicted octanol–water partition coefficient (Wildman–Crippen LogP) is 2.20. The van der Waals surface area contributed by atoms with Gasteiger partial charge in [0.1, 0.15) is 0 Å². The molecule has 0 fully saturated rings. The first kappa shape index (κ1) is 6.57. The van der Waals surface area contributed by atoms with E-state index in [0.29, 0.717) is 5.03 Å². The van der Waals surface area contributed by atoms with Crippen LogP contribution in [-0.4, -0.2) is 5.11 Å². The SMILES string of the molecule is CC=CC(Cl)=CO. The van der Waals surface area contributed by atoms with Gasteiger partial charge in [-0.3, -0.25) is 0 Å². The monoisotopic (exact) mass is 118 g/mol. The molecule has 7 heavy (non-hydrogen) atoms. The van der Waals surface area contributed by atoms with E-state index >= 15 is 0 Å². The number of hydrogen-bond donors (Lipinski definition) is 1. The van der Waals surface area contributed by atoms with E-state index in [1.54, 1.807) is 12.2 Å². The number of rotatable bonds is 1. The van der Waals surface area contributed by atoms with Crippen LogP contribution in [0, 0.1) is 0 Å². The van der Waals surface area contributed by atoms with E-state index in [1.807, 2.05) is 6.92 Å². The molecular weight excluding hydrogens is 112 g/mol. The second kappa shape index (κ2) is 3.75. The number of allylic oxidation sites excluding steroid dienone is 3. The van der Waals surface area contributed by atoms with Gasteiger partial charge in [0.25, 0.3) is 0 Å². The smallest absolute Gasteiger partial charge is 0.0977 e. The maximum Gasteiger partial charge on any atom is 0.0977 e. The highest BCUT2D eigenvalue weighted by Crippen LogP contribution is 1.99. The molecule has 2 heteroatoms. The molecule has 0 saturated heterocycles. The van der Waals surface area contributed by atoms with Crippen LogP contribution in [0.1, 0.15) is 6.92 Å². The summed E-state index contributed by atoms with van der Waals surface area (Å²) in [5.74, 6) is 0. The lowest BCUT2D eigenvalue weighted by Gasteiger charge is -1.77. The van der Waals surface area contributed by atoms with Crippen LogP contribution in [0.4, 0.5) is 0 Å². The Bertz CT molecular complexity index is 94.3. The molecule has 0 aliphatic heterocycles. The average molecular weight is 119 g/mol. The molecule has 0 aromatic rings. The second-order valence-corrected chi connectivity index (χ2v) is 1.45. The molecule has 0 heterocycles. The van der Waals surface area contributed by atoms with Gasteiger partial charge in [0, 0.05) is 0 Å². The third-order valence-corrected chi connectivity index (χ3v) is 0.673. The van der Waals surface area contributed by atoms with Crippen molar-refractivity contribution in [3.63, 3.8) is 0 Å². The van der Waals surface area contributed by atoms with Crippen molar-refractivity contribution in [1.82, 2.24) is 0 Å². The topological polar surface area (TPSA) is 20.2 Å². The Balaban J connectivity index is 3.58. The fraction of sp³-hybridized carbons (Fsp3) is 0.200. The number of aliphatic hydroxyl groups excluding tert-OH is 1. The molecule has 0 unspecified atom stereocenters. The summed E-state index contributed by atoms with van der Waals surface area (Å²) in [5, 5.41) is 8.47. The summed E-state index contributed by atoms with van der Waals surface area (Å²) in [5.41, 5.74) is 0. The molecule has 0 bridgehead atoms. The van der Waals surface area contributed by atoms with Gasteiger partial charge in [-0.05, 0) is 13.0 Å². The highest BCUT2D eigenvalue weighted by molar-refractivity contribution is 6.31. The lowest BCUT2D eigenvalue weighted by atomic mass is 10.5. The van der Waals surface area contributed by atoms with Crippen LogP contribution < -0.4 is 0 Å². The normalized spacial score (nSPS) is 13.1. The Morgan fingerprint density at radius 3 is 2.43 bits per heavy atom. The van der Waals surface area contributed by atoms with Crippen LogP contribution in [0.2, 0.25) is 0 Å². The van der Waals surface area contributed by atoms with Gasteiger partial charge in [-0.1, -0.05) is 17.7 Å². The third kappa shape index (κ3) is 3.40. The van der Waals surface area contributed by atoms with Gasteiger partial charge in [-0.15, -0.1) is 0 Å². The van der Waals surface area contributed by atoms with Gasteiger partial charge < -0.3 is 5.11 Å². The largest absolute Gasteiger partial charge is 0.514 e.